The second-order valence-electron chi connectivity index (χ2n) is 6.00. The summed E-state index contributed by atoms with van der Waals surface area (Å²) in [4.78, 5) is 15.8. The number of nitriles is 1. The van der Waals surface area contributed by atoms with Crippen molar-refractivity contribution < 1.29 is 14.3 Å². The molecule has 0 unspecified atom stereocenters. The minimum absolute atomic E-state index is 0.241. The summed E-state index contributed by atoms with van der Waals surface area (Å²) in [6.45, 7) is 1.40. The molecule has 1 heterocycles. The Morgan fingerprint density at radius 3 is 2.41 bits per heavy atom. The number of nitrogens with zero attached hydrogens (tertiary/aromatic N) is 2. The number of methoxy groups -OCH3 is 2. The van der Waals surface area contributed by atoms with Crippen LogP contribution in [0, 0.1) is 11.3 Å². The van der Waals surface area contributed by atoms with Crippen LogP contribution in [0.4, 0.5) is 17.1 Å². The molecule has 0 spiro atoms. The van der Waals surface area contributed by atoms with Gasteiger partial charge in [0, 0.05) is 24.6 Å². The summed E-state index contributed by atoms with van der Waals surface area (Å²) in [6, 6.07) is 8.67. The maximum Gasteiger partial charge on any atom is 0.221 e. The van der Waals surface area contributed by atoms with Gasteiger partial charge in [0.1, 0.15) is 17.6 Å². The summed E-state index contributed by atoms with van der Waals surface area (Å²) in [5.41, 5.74) is 2.31. The Balaban J connectivity index is 2.21. The van der Waals surface area contributed by atoms with Gasteiger partial charge in [0.25, 0.3) is 0 Å². The van der Waals surface area contributed by atoms with Crippen LogP contribution < -0.4 is 20.1 Å². The summed E-state index contributed by atoms with van der Waals surface area (Å²) >= 11 is 12.4. The monoisotopic (exact) mass is 430 g/mol. The standard InChI is InChI=1S/C20H16Cl2N4O3/c1-10(27)25-17-6-15-12(4-19(17)29-3)20(11(8-23)9-24-15)26-16-7-18(28-2)14(22)5-13(16)21/h4-7,9H,1-3H3,(H,24,26)(H,25,27). The lowest BCUT2D eigenvalue weighted by molar-refractivity contribution is -0.114. The van der Waals surface area contributed by atoms with Gasteiger partial charge in [-0.05, 0) is 18.2 Å². The SMILES string of the molecule is COc1cc(Nc2c(C#N)cnc3cc(NC(C)=O)c(OC)cc23)c(Cl)cc1Cl. The molecule has 2 N–H and O–H groups in total. The lowest BCUT2D eigenvalue weighted by atomic mass is 10.1. The van der Waals surface area contributed by atoms with Gasteiger partial charge in [0.15, 0.2) is 0 Å². The minimum Gasteiger partial charge on any atom is -0.495 e. The normalized spacial score (nSPS) is 10.3. The summed E-state index contributed by atoms with van der Waals surface area (Å²) in [7, 11) is 2.98. The Kier molecular flexibility index (Phi) is 5.97. The Morgan fingerprint density at radius 1 is 1.07 bits per heavy atom. The highest BCUT2D eigenvalue weighted by molar-refractivity contribution is 6.37. The van der Waals surface area contributed by atoms with Gasteiger partial charge in [-0.15, -0.1) is 0 Å². The number of rotatable bonds is 5. The van der Waals surface area contributed by atoms with Crippen molar-refractivity contribution in [3.63, 3.8) is 0 Å². The maximum atomic E-state index is 11.5. The number of carbonyl (C=O) groups is 1. The highest BCUT2D eigenvalue weighted by Crippen LogP contribution is 2.39. The average molecular weight is 431 g/mol. The van der Waals surface area contributed by atoms with Crippen molar-refractivity contribution in [1.82, 2.24) is 4.98 Å². The molecule has 0 fully saturated rings. The largest absolute Gasteiger partial charge is 0.495 e. The third kappa shape index (κ3) is 4.14. The summed E-state index contributed by atoms with van der Waals surface area (Å²) < 4.78 is 10.6. The fraction of sp³-hybridized carbons (Fsp3) is 0.150. The van der Waals surface area contributed by atoms with Crippen molar-refractivity contribution in [2.75, 3.05) is 24.9 Å². The molecule has 0 saturated heterocycles. The quantitative estimate of drug-likeness (QED) is 0.581. The van der Waals surface area contributed by atoms with E-state index in [1.165, 1.54) is 27.3 Å². The molecule has 1 amide bonds. The third-order valence-electron chi connectivity index (χ3n) is 4.12. The average Bonchev–Trinajstić information content (AvgIpc) is 2.69. The number of anilines is 3. The lowest BCUT2D eigenvalue weighted by Gasteiger charge is -2.16. The van der Waals surface area contributed by atoms with E-state index in [2.05, 4.69) is 21.7 Å². The number of fused-ring (bicyclic) bond motifs is 1. The first-order valence-corrected chi connectivity index (χ1v) is 9.12. The lowest BCUT2D eigenvalue weighted by Crippen LogP contribution is -2.07. The Labute approximate surface area is 177 Å². The number of nitrogens with one attached hydrogen (secondary N) is 2. The molecule has 9 heteroatoms. The number of benzene rings is 2. The number of halogens is 2. The minimum atomic E-state index is -0.241. The van der Waals surface area contributed by atoms with Gasteiger partial charge < -0.3 is 20.1 Å². The molecule has 7 nitrogen and oxygen atoms in total. The number of ether oxygens (including phenoxy) is 2. The van der Waals surface area contributed by atoms with Gasteiger partial charge in [0.2, 0.25) is 5.91 Å². The highest BCUT2D eigenvalue weighted by atomic mass is 35.5. The van der Waals surface area contributed by atoms with Gasteiger partial charge in [-0.25, -0.2) is 0 Å². The van der Waals surface area contributed by atoms with Gasteiger partial charge in [0.05, 0.1) is 52.4 Å². The molecule has 0 aliphatic heterocycles. The smallest absolute Gasteiger partial charge is 0.221 e. The number of amides is 1. The fourth-order valence-corrected chi connectivity index (χ4v) is 3.32. The molecule has 3 aromatic rings. The van der Waals surface area contributed by atoms with Gasteiger partial charge in [-0.3, -0.25) is 9.78 Å². The maximum absolute atomic E-state index is 11.5. The van der Waals surface area contributed by atoms with Crippen LogP contribution in [-0.4, -0.2) is 25.1 Å². The molecule has 148 valence electrons. The van der Waals surface area contributed by atoms with Gasteiger partial charge in [-0.1, -0.05) is 23.2 Å². The zero-order valence-electron chi connectivity index (χ0n) is 15.8. The fourth-order valence-electron chi connectivity index (χ4n) is 2.81. The molecule has 1 aromatic heterocycles. The first-order valence-electron chi connectivity index (χ1n) is 8.36. The third-order valence-corrected chi connectivity index (χ3v) is 4.73. The van der Waals surface area contributed by atoms with Crippen molar-refractivity contribution in [3.8, 4) is 17.6 Å². The first-order chi connectivity index (χ1) is 13.9. The van der Waals surface area contributed by atoms with Crippen LogP contribution in [0.2, 0.25) is 10.0 Å². The molecule has 0 aliphatic carbocycles. The summed E-state index contributed by atoms with van der Waals surface area (Å²) in [6.07, 6.45) is 1.44. The molecule has 2 aromatic carbocycles. The van der Waals surface area contributed by atoms with Crippen LogP contribution in [0.5, 0.6) is 11.5 Å². The number of pyridine rings is 1. The Morgan fingerprint density at radius 2 is 1.79 bits per heavy atom. The van der Waals surface area contributed by atoms with E-state index in [1.807, 2.05) is 0 Å². The molecule has 0 bridgehead atoms. The van der Waals surface area contributed by atoms with Gasteiger partial charge in [-0.2, -0.15) is 5.26 Å². The van der Waals surface area contributed by atoms with Crippen LogP contribution in [0.1, 0.15) is 12.5 Å². The zero-order chi connectivity index (χ0) is 21.1. The summed E-state index contributed by atoms with van der Waals surface area (Å²) in [5, 5.41) is 16.8. The Hall–Kier alpha value is -3.21. The Bertz CT molecular complexity index is 1160. The molecule has 3 rings (SSSR count). The van der Waals surface area contributed by atoms with E-state index in [0.29, 0.717) is 55.1 Å². The number of hydrogen-bond donors (Lipinski definition) is 2. The predicted molar refractivity (Wildman–Crippen MR) is 114 cm³/mol. The molecule has 29 heavy (non-hydrogen) atoms. The van der Waals surface area contributed by atoms with Crippen LogP contribution in [0.25, 0.3) is 10.9 Å². The summed E-state index contributed by atoms with van der Waals surface area (Å²) in [5.74, 6) is 0.614. The van der Waals surface area contributed by atoms with E-state index in [4.69, 9.17) is 32.7 Å². The topological polar surface area (TPSA) is 96.3 Å². The second kappa shape index (κ2) is 8.43. The van der Waals surface area contributed by atoms with E-state index in [1.54, 1.807) is 24.3 Å². The van der Waals surface area contributed by atoms with E-state index >= 15 is 0 Å². The van der Waals surface area contributed by atoms with Crippen LogP contribution in [0.3, 0.4) is 0 Å². The van der Waals surface area contributed by atoms with Crippen molar-refractivity contribution >= 4 is 57.1 Å². The van der Waals surface area contributed by atoms with Crippen LogP contribution >= 0.6 is 23.2 Å². The van der Waals surface area contributed by atoms with Crippen LogP contribution in [-0.2, 0) is 4.79 Å². The van der Waals surface area contributed by atoms with Crippen molar-refractivity contribution in [2.45, 2.75) is 6.92 Å². The second-order valence-corrected chi connectivity index (χ2v) is 6.82. The first kappa shape index (κ1) is 20.5. The van der Waals surface area contributed by atoms with E-state index < -0.39 is 0 Å². The van der Waals surface area contributed by atoms with Crippen molar-refractivity contribution in [1.29, 1.82) is 5.26 Å². The molecular weight excluding hydrogens is 415 g/mol. The van der Waals surface area contributed by atoms with E-state index in [0.717, 1.165) is 0 Å². The molecule has 0 aliphatic rings. The zero-order valence-corrected chi connectivity index (χ0v) is 17.3. The number of hydrogen-bond acceptors (Lipinski definition) is 6. The molecule has 0 saturated carbocycles. The predicted octanol–water partition coefficient (Wildman–Crippen LogP) is 5.13. The van der Waals surface area contributed by atoms with Crippen molar-refractivity contribution in [2.24, 2.45) is 0 Å². The van der Waals surface area contributed by atoms with Crippen LogP contribution in [0.15, 0.2) is 30.5 Å². The van der Waals surface area contributed by atoms with Gasteiger partial charge >= 0.3 is 0 Å². The van der Waals surface area contributed by atoms with E-state index in [9.17, 15) is 10.1 Å². The van der Waals surface area contributed by atoms with E-state index in [-0.39, 0.29) is 5.91 Å². The molecule has 0 atom stereocenters. The molecule has 0 radical (unpaired) electrons. The van der Waals surface area contributed by atoms with Crippen molar-refractivity contribution in [3.05, 3.63) is 46.1 Å². The number of aromatic nitrogens is 1. The highest BCUT2D eigenvalue weighted by Gasteiger charge is 2.16. The molecular formula is C20H16Cl2N4O3. The number of carbonyl (C=O) groups excluding carboxylic acids is 1.